The zero-order valence-corrected chi connectivity index (χ0v) is 16.6. The third-order valence-electron chi connectivity index (χ3n) is 4.62. The highest BCUT2D eigenvalue weighted by atomic mass is 79.9. The summed E-state index contributed by atoms with van der Waals surface area (Å²) in [5, 5.41) is 3.00. The summed E-state index contributed by atoms with van der Waals surface area (Å²) in [7, 11) is 0. The van der Waals surface area contributed by atoms with Crippen molar-refractivity contribution in [1.82, 2.24) is 10.9 Å². The first-order valence-electron chi connectivity index (χ1n) is 8.83. The zero-order chi connectivity index (χ0) is 18.1. The Kier molecular flexibility index (Phi) is 5.55. The molecule has 2 aliphatic rings. The number of hydrazine groups is 1. The Bertz CT molecular complexity index is 653. The Balaban J connectivity index is 1.78. The molecule has 0 aromatic heterocycles. The number of carbonyl (C=O) groups is 1. The molecule has 1 fully saturated rings. The maximum absolute atomic E-state index is 12.8. The largest absolute Gasteiger partial charge is 0.492 e. The molecule has 1 amide bonds. The fraction of sp³-hybridized carbons (Fsp3) is 0.611. The van der Waals surface area contributed by atoms with Crippen molar-refractivity contribution in [2.24, 2.45) is 5.92 Å². The van der Waals surface area contributed by atoms with E-state index >= 15 is 0 Å². The molecular formula is C18H26BrN3O3. The van der Waals surface area contributed by atoms with Crippen LogP contribution in [0.2, 0.25) is 0 Å². The molecule has 1 saturated heterocycles. The fourth-order valence-electron chi connectivity index (χ4n) is 3.32. The molecule has 3 rings (SSSR count). The van der Waals surface area contributed by atoms with E-state index in [4.69, 9.17) is 9.47 Å². The molecule has 25 heavy (non-hydrogen) atoms. The summed E-state index contributed by atoms with van der Waals surface area (Å²) in [6.07, 6.45) is 1.01. The monoisotopic (exact) mass is 411 g/mol. The van der Waals surface area contributed by atoms with Crippen molar-refractivity contribution in [2.45, 2.75) is 57.1 Å². The smallest absolute Gasteiger partial charge is 0.244 e. The molecule has 0 saturated carbocycles. The van der Waals surface area contributed by atoms with E-state index in [-0.39, 0.29) is 28.9 Å². The number of alkyl halides is 1. The SMILES string of the molecule is CCOc1cc2c(cc1NC(=O)C1NNC(C(C)C)C1Br)OC(C)C2. The highest BCUT2D eigenvalue weighted by Gasteiger charge is 2.40. The van der Waals surface area contributed by atoms with Crippen molar-refractivity contribution in [1.29, 1.82) is 0 Å². The highest BCUT2D eigenvalue weighted by molar-refractivity contribution is 9.09. The van der Waals surface area contributed by atoms with E-state index < -0.39 is 0 Å². The van der Waals surface area contributed by atoms with Gasteiger partial charge in [0.1, 0.15) is 23.6 Å². The van der Waals surface area contributed by atoms with Gasteiger partial charge in [0.2, 0.25) is 5.91 Å². The van der Waals surface area contributed by atoms with Crippen LogP contribution < -0.4 is 25.6 Å². The van der Waals surface area contributed by atoms with Gasteiger partial charge in [0.15, 0.2) is 0 Å². The molecule has 3 N–H and O–H groups in total. The maximum Gasteiger partial charge on any atom is 0.244 e. The summed E-state index contributed by atoms with van der Waals surface area (Å²) in [4.78, 5) is 12.8. The Hall–Kier alpha value is -1.31. The fourth-order valence-corrected chi connectivity index (χ4v) is 4.43. The van der Waals surface area contributed by atoms with Crippen molar-refractivity contribution in [3.05, 3.63) is 17.7 Å². The Morgan fingerprint density at radius 2 is 2.20 bits per heavy atom. The quantitative estimate of drug-likeness (QED) is 0.649. The second-order valence-electron chi connectivity index (χ2n) is 6.99. The number of hydrogen-bond donors (Lipinski definition) is 3. The van der Waals surface area contributed by atoms with Gasteiger partial charge >= 0.3 is 0 Å². The minimum atomic E-state index is -0.366. The molecule has 0 bridgehead atoms. The number of benzene rings is 1. The van der Waals surface area contributed by atoms with E-state index in [1.54, 1.807) is 0 Å². The molecule has 0 radical (unpaired) electrons. The van der Waals surface area contributed by atoms with Gasteiger partial charge in [-0.25, -0.2) is 5.43 Å². The molecule has 2 heterocycles. The summed E-state index contributed by atoms with van der Waals surface area (Å²) in [6, 6.07) is 3.66. The number of halogens is 1. The van der Waals surface area contributed by atoms with Gasteiger partial charge in [-0.15, -0.1) is 0 Å². The van der Waals surface area contributed by atoms with Crippen molar-refractivity contribution < 1.29 is 14.3 Å². The van der Waals surface area contributed by atoms with Crippen LogP contribution >= 0.6 is 15.9 Å². The van der Waals surface area contributed by atoms with E-state index in [1.165, 1.54) is 0 Å². The molecule has 0 aliphatic carbocycles. The average Bonchev–Trinajstić information content (AvgIpc) is 3.09. The van der Waals surface area contributed by atoms with Gasteiger partial charge in [-0.05, 0) is 25.8 Å². The van der Waals surface area contributed by atoms with Crippen LogP contribution in [-0.4, -0.2) is 35.5 Å². The molecule has 1 aromatic carbocycles. The van der Waals surface area contributed by atoms with Crippen LogP contribution in [0.1, 0.15) is 33.3 Å². The van der Waals surface area contributed by atoms with Crippen LogP contribution in [0.15, 0.2) is 12.1 Å². The second-order valence-corrected chi connectivity index (χ2v) is 8.05. The van der Waals surface area contributed by atoms with Gasteiger partial charge in [-0.3, -0.25) is 10.2 Å². The van der Waals surface area contributed by atoms with E-state index in [2.05, 4.69) is 45.9 Å². The summed E-state index contributed by atoms with van der Waals surface area (Å²) < 4.78 is 11.5. The first kappa shape index (κ1) is 18.5. The standard InChI is InChI=1S/C18H26BrN3O3/c1-5-24-14-7-11-6-10(4)25-13(11)8-12(14)20-18(23)17-15(19)16(9(2)3)21-22-17/h7-10,15-17,21-22H,5-6H2,1-4H3,(H,20,23). The normalized spacial score (nSPS) is 27.9. The number of rotatable bonds is 5. The topological polar surface area (TPSA) is 71.6 Å². The summed E-state index contributed by atoms with van der Waals surface area (Å²) in [5.74, 6) is 1.80. The number of hydrogen-bond acceptors (Lipinski definition) is 5. The van der Waals surface area contributed by atoms with Crippen LogP contribution in [0.25, 0.3) is 0 Å². The van der Waals surface area contributed by atoms with E-state index in [1.807, 2.05) is 26.0 Å². The van der Waals surface area contributed by atoms with Gasteiger partial charge < -0.3 is 14.8 Å². The molecular weight excluding hydrogens is 386 g/mol. The van der Waals surface area contributed by atoms with Gasteiger partial charge in [-0.1, -0.05) is 29.8 Å². The van der Waals surface area contributed by atoms with Gasteiger partial charge in [0, 0.05) is 24.1 Å². The lowest BCUT2D eigenvalue weighted by Gasteiger charge is -2.20. The Morgan fingerprint density at radius 3 is 2.84 bits per heavy atom. The number of amides is 1. The number of nitrogens with one attached hydrogen (secondary N) is 3. The van der Waals surface area contributed by atoms with E-state index in [0.717, 1.165) is 17.7 Å². The molecule has 0 spiro atoms. The molecule has 4 atom stereocenters. The Labute approximate surface area is 157 Å². The number of ether oxygens (including phenoxy) is 2. The van der Waals surface area contributed by atoms with Gasteiger partial charge in [-0.2, -0.15) is 0 Å². The summed E-state index contributed by atoms with van der Waals surface area (Å²) in [5.41, 5.74) is 8.05. The molecule has 1 aromatic rings. The number of anilines is 1. The third kappa shape index (κ3) is 3.78. The van der Waals surface area contributed by atoms with Crippen LogP contribution in [0, 0.1) is 5.92 Å². The number of fused-ring (bicyclic) bond motifs is 1. The van der Waals surface area contributed by atoms with E-state index in [0.29, 0.717) is 24.0 Å². The molecule has 4 unspecified atom stereocenters. The number of carbonyl (C=O) groups excluding carboxylic acids is 1. The van der Waals surface area contributed by atoms with Crippen LogP contribution in [0.5, 0.6) is 11.5 Å². The van der Waals surface area contributed by atoms with Crippen LogP contribution in [-0.2, 0) is 11.2 Å². The van der Waals surface area contributed by atoms with Crippen molar-refractivity contribution in [2.75, 3.05) is 11.9 Å². The van der Waals surface area contributed by atoms with Crippen molar-refractivity contribution >= 4 is 27.5 Å². The van der Waals surface area contributed by atoms with Crippen molar-refractivity contribution in [3.63, 3.8) is 0 Å². The van der Waals surface area contributed by atoms with Gasteiger partial charge in [0.25, 0.3) is 0 Å². The van der Waals surface area contributed by atoms with Crippen LogP contribution in [0.3, 0.4) is 0 Å². The maximum atomic E-state index is 12.8. The third-order valence-corrected chi connectivity index (χ3v) is 5.72. The molecule has 7 heteroatoms. The summed E-state index contributed by atoms with van der Waals surface area (Å²) >= 11 is 3.65. The minimum Gasteiger partial charge on any atom is -0.492 e. The average molecular weight is 412 g/mol. The molecule has 138 valence electrons. The predicted octanol–water partition coefficient (Wildman–Crippen LogP) is 2.61. The lowest BCUT2D eigenvalue weighted by Crippen LogP contribution is -2.42. The van der Waals surface area contributed by atoms with Gasteiger partial charge in [0.05, 0.1) is 17.1 Å². The van der Waals surface area contributed by atoms with Crippen LogP contribution in [0.4, 0.5) is 5.69 Å². The Morgan fingerprint density at radius 1 is 1.44 bits per heavy atom. The van der Waals surface area contributed by atoms with Crippen molar-refractivity contribution in [3.8, 4) is 11.5 Å². The minimum absolute atomic E-state index is 0.00810. The highest BCUT2D eigenvalue weighted by Crippen LogP contribution is 2.38. The first-order valence-corrected chi connectivity index (χ1v) is 9.74. The lowest BCUT2D eigenvalue weighted by molar-refractivity contribution is -0.117. The molecule has 6 nitrogen and oxygen atoms in total. The predicted molar refractivity (Wildman–Crippen MR) is 101 cm³/mol. The van der Waals surface area contributed by atoms with E-state index in [9.17, 15) is 4.79 Å². The lowest BCUT2D eigenvalue weighted by atomic mass is 9.99. The molecule has 2 aliphatic heterocycles. The second kappa shape index (κ2) is 7.51. The first-order chi connectivity index (χ1) is 11.9. The zero-order valence-electron chi connectivity index (χ0n) is 15.1. The summed E-state index contributed by atoms with van der Waals surface area (Å²) in [6.45, 7) is 8.76.